The van der Waals surface area contributed by atoms with Crippen molar-refractivity contribution in [3.05, 3.63) is 103 Å². The van der Waals surface area contributed by atoms with Gasteiger partial charge < -0.3 is 4.42 Å². The van der Waals surface area contributed by atoms with Crippen LogP contribution in [-0.4, -0.2) is 4.98 Å². The van der Waals surface area contributed by atoms with E-state index in [9.17, 15) is 0 Å². The van der Waals surface area contributed by atoms with Gasteiger partial charge in [-0.1, -0.05) is 84.9 Å². The van der Waals surface area contributed by atoms with Crippen LogP contribution in [0.1, 0.15) is 0 Å². The Morgan fingerprint density at radius 2 is 1.11 bits per heavy atom. The zero-order valence-corrected chi connectivity index (χ0v) is 18.7. The second-order valence-corrected chi connectivity index (χ2v) is 9.50. The van der Waals surface area contributed by atoms with Crippen molar-refractivity contribution in [3.63, 3.8) is 0 Å². The molecule has 0 fully saturated rings. The molecule has 0 atom stereocenters. The molecular weight excluding hydrogens is 426 g/mol. The second-order valence-electron chi connectivity index (χ2n) is 9.50. The third-order valence-electron chi connectivity index (χ3n) is 7.74. The molecule has 0 radical (unpaired) electrons. The molecule has 0 saturated carbocycles. The Morgan fingerprint density at radius 1 is 0.457 bits per heavy atom. The fourth-order valence-corrected chi connectivity index (χ4v) is 6.34. The highest BCUT2D eigenvalue weighted by Gasteiger charge is 2.22. The fourth-order valence-electron chi connectivity index (χ4n) is 6.34. The van der Waals surface area contributed by atoms with Gasteiger partial charge in [0.1, 0.15) is 11.2 Å². The summed E-state index contributed by atoms with van der Waals surface area (Å²) in [6, 6.07) is 36.9. The highest BCUT2D eigenvalue weighted by molar-refractivity contribution is 6.38. The Bertz CT molecular complexity index is 2250. The van der Waals surface area contributed by atoms with Crippen LogP contribution in [0.4, 0.5) is 0 Å². The van der Waals surface area contributed by atoms with Gasteiger partial charge in [0.25, 0.3) is 0 Å². The average Bonchev–Trinajstić information content (AvgIpc) is 3.54. The quantitative estimate of drug-likeness (QED) is 0.187. The van der Waals surface area contributed by atoms with Gasteiger partial charge in [0.05, 0.1) is 16.6 Å². The minimum atomic E-state index is 0.901. The molecule has 160 valence electrons. The standard InChI is InChI=1S/C33H17NO/c1-2-7-19(8-3-1)32-31-27-16-15-26(35-27)30(31)25-17-24-22-12-5-10-18-9-4-11-20(28(18)22)21-13-6-14-23(29(21)24)33(25)34-32/h1-17H. The molecular formula is C33H17NO. The van der Waals surface area contributed by atoms with Crippen LogP contribution in [-0.2, 0) is 0 Å². The molecule has 35 heavy (non-hydrogen) atoms. The first kappa shape index (κ1) is 17.7. The molecule has 2 heteroatoms. The van der Waals surface area contributed by atoms with E-state index in [0.29, 0.717) is 0 Å². The van der Waals surface area contributed by atoms with Gasteiger partial charge in [0.2, 0.25) is 0 Å². The average molecular weight is 444 g/mol. The van der Waals surface area contributed by atoms with E-state index in [1.807, 2.05) is 6.07 Å². The smallest absolute Gasteiger partial charge is 0.137 e. The lowest BCUT2D eigenvalue weighted by atomic mass is 9.87. The van der Waals surface area contributed by atoms with Gasteiger partial charge in [-0.05, 0) is 55.9 Å². The van der Waals surface area contributed by atoms with E-state index in [4.69, 9.17) is 9.40 Å². The van der Waals surface area contributed by atoms with E-state index < -0.39 is 0 Å². The van der Waals surface area contributed by atoms with Gasteiger partial charge in [0.15, 0.2) is 0 Å². The molecule has 0 aliphatic rings. The number of hydrogen-bond donors (Lipinski definition) is 0. The number of rotatable bonds is 1. The zero-order valence-electron chi connectivity index (χ0n) is 18.7. The lowest BCUT2D eigenvalue weighted by Gasteiger charge is -2.17. The topological polar surface area (TPSA) is 26.0 Å². The van der Waals surface area contributed by atoms with E-state index in [2.05, 4.69) is 97.1 Å². The molecule has 3 heterocycles. The van der Waals surface area contributed by atoms with Crippen molar-refractivity contribution in [2.75, 3.05) is 0 Å². The summed E-state index contributed by atoms with van der Waals surface area (Å²) in [5.41, 5.74) is 4.96. The molecule has 0 aliphatic carbocycles. The second kappa shape index (κ2) is 6.05. The van der Waals surface area contributed by atoms with Crippen molar-refractivity contribution in [2.24, 2.45) is 0 Å². The summed E-state index contributed by atoms with van der Waals surface area (Å²) >= 11 is 0. The third kappa shape index (κ3) is 2.09. The Labute approximate surface area is 199 Å². The van der Waals surface area contributed by atoms with Crippen LogP contribution in [0, 0.1) is 0 Å². The molecule has 0 amide bonds. The Kier molecular flexibility index (Phi) is 3.07. The molecule has 0 saturated heterocycles. The lowest BCUT2D eigenvalue weighted by Crippen LogP contribution is -1.93. The van der Waals surface area contributed by atoms with Crippen molar-refractivity contribution < 1.29 is 4.42 Å². The molecule has 0 aliphatic heterocycles. The Morgan fingerprint density at radius 3 is 1.91 bits per heavy atom. The van der Waals surface area contributed by atoms with Crippen LogP contribution in [0.3, 0.4) is 0 Å². The van der Waals surface area contributed by atoms with Crippen LogP contribution in [0.25, 0.3) is 87.2 Å². The fraction of sp³-hybridized carbons (Fsp3) is 0. The van der Waals surface area contributed by atoms with Gasteiger partial charge in [-0.25, -0.2) is 4.98 Å². The monoisotopic (exact) mass is 443 g/mol. The Balaban J connectivity index is 1.61. The molecule has 6 aromatic carbocycles. The third-order valence-corrected chi connectivity index (χ3v) is 7.74. The van der Waals surface area contributed by atoms with E-state index in [-0.39, 0.29) is 0 Å². The summed E-state index contributed by atoms with van der Waals surface area (Å²) < 4.78 is 6.23. The minimum Gasteiger partial charge on any atom is -0.456 e. The summed E-state index contributed by atoms with van der Waals surface area (Å²) in [6.07, 6.45) is 0. The molecule has 2 bridgehead atoms. The van der Waals surface area contributed by atoms with Crippen LogP contribution in [0.15, 0.2) is 108 Å². The summed E-state index contributed by atoms with van der Waals surface area (Å²) in [7, 11) is 0. The van der Waals surface area contributed by atoms with Gasteiger partial charge in [0, 0.05) is 21.7 Å². The lowest BCUT2D eigenvalue weighted by molar-refractivity contribution is 0.679. The number of nitrogens with zero attached hydrogens (tertiary/aromatic N) is 1. The van der Waals surface area contributed by atoms with Crippen molar-refractivity contribution in [1.82, 2.24) is 4.98 Å². The molecule has 0 unspecified atom stereocenters. The van der Waals surface area contributed by atoms with E-state index in [0.717, 1.165) is 38.7 Å². The van der Waals surface area contributed by atoms with E-state index >= 15 is 0 Å². The summed E-state index contributed by atoms with van der Waals surface area (Å²) in [4.78, 5) is 5.36. The summed E-state index contributed by atoms with van der Waals surface area (Å²) in [5, 5.41) is 13.7. The first-order valence-corrected chi connectivity index (χ1v) is 12.0. The van der Waals surface area contributed by atoms with Crippen molar-refractivity contribution >= 4 is 75.9 Å². The summed E-state index contributed by atoms with van der Waals surface area (Å²) in [5.74, 6) is 0. The number of furan rings is 2. The maximum absolute atomic E-state index is 6.23. The maximum Gasteiger partial charge on any atom is 0.137 e. The van der Waals surface area contributed by atoms with Gasteiger partial charge in [-0.3, -0.25) is 0 Å². The number of aromatic nitrogens is 1. The maximum atomic E-state index is 6.23. The molecule has 3 aromatic heterocycles. The molecule has 0 N–H and O–H groups in total. The molecule has 9 rings (SSSR count). The van der Waals surface area contributed by atoms with Gasteiger partial charge >= 0.3 is 0 Å². The number of fused-ring (bicyclic) bond motifs is 10. The summed E-state index contributed by atoms with van der Waals surface area (Å²) in [6.45, 7) is 0. The van der Waals surface area contributed by atoms with Crippen LogP contribution in [0.5, 0.6) is 0 Å². The SMILES string of the molecule is c1ccc(-c2nc3c4cccc5c6cccc7cccc(c(cc3c3c8ccc(o8)c23)c54)c76)cc1. The number of benzene rings is 7. The molecule has 0 spiro atoms. The van der Waals surface area contributed by atoms with E-state index in [1.54, 1.807) is 0 Å². The normalized spacial score (nSPS) is 12.6. The number of pyridine rings is 1. The van der Waals surface area contributed by atoms with Gasteiger partial charge in [-0.2, -0.15) is 0 Å². The van der Waals surface area contributed by atoms with Crippen molar-refractivity contribution in [3.8, 4) is 11.3 Å². The highest BCUT2D eigenvalue weighted by Crippen LogP contribution is 2.47. The zero-order chi connectivity index (χ0) is 22.7. The molecule has 9 aromatic rings. The highest BCUT2D eigenvalue weighted by atomic mass is 16.3. The first-order valence-electron chi connectivity index (χ1n) is 12.0. The number of hydrogen-bond acceptors (Lipinski definition) is 2. The predicted octanol–water partition coefficient (Wildman–Crippen LogP) is 9.29. The van der Waals surface area contributed by atoms with Gasteiger partial charge in [-0.15, -0.1) is 0 Å². The van der Waals surface area contributed by atoms with E-state index in [1.165, 1.54) is 48.5 Å². The minimum absolute atomic E-state index is 0.901. The van der Waals surface area contributed by atoms with Crippen molar-refractivity contribution in [1.29, 1.82) is 0 Å². The van der Waals surface area contributed by atoms with Crippen LogP contribution < -0.4 is 0 Å². The largest absolute Gasteiger partial charge is 0.456 e. The Hall–Kier alpha value is -4.69. The first-order chi connectivity index (χ1) is 17.4. The van der Waals surface area contributed by atoms with Crippen LogP contribution >= 0.6 is 0 Å². The molecule has 2 nitrogen and oxygen atoms in total. The van der Waals surface area contributed by atoms with Crippen LogP contribution in [0.2, 0.25) is 0 Å². The van der Waals surface area contributed by atoms with Crippen molar-refractivity contribution in [2.45, 2.75) is 0 Å². The predicted molar refractivity (Wildman–Crippen MR) is 147 cm³/mol.